The number of amides is 1. The number of alkyl halides is 3. The van der Waals surface area contributed by atoms with E-state index in [-0.39, 0.29) is 33.8 Å². The molecule has 1 fully saturated rings. The number of anilines is 1. The highest BCUT2D eigenvalue weighted by atomic mass is 32.2. The normalized spacial score (nSPS) is 17.3. The molecule has 10 nitrogen and oxygen atoms in total. The minimum Gasteiger partial charge on any atom is -0.444 e. The van der Waals surface area contributed by atoms with Crippen molar-refractivity contribution < 1.29 is 31.1 Å². The smallest absolute Gasteiger partial charge is 0.416 e. The molecule has 2 N–H and O–H groups in total. The van der Waals surface area contributed by atoms with Crippen molar-refractivity contribution in [1.29, 1.82) is 0 Å². The number of aromatic nitrogens is 4. The van der Waals surface area contributed by atoms with Gasteiger partial charge in [0.25, 0.3) is 10.0 Å². The summed E-state index contributed by atoms with van der Waals surface area (Å²) >= 11 is 0. The molecule has 49 heavy (non-hydrogen) atoms. The Labute approximate surface area is 282 Å². The summed E-state index contributed by atoms with van der Waals surface area (Å²) in [4.78, 5) is 26.4. The summed E-state index contributed by atoms with van der Waals surface area (Å²) in [6.45, 7) is 8.98. The maximum absolute atomic E-state index is 13.9. The van der Waals surface area contributed by atoms with Crippen molar-refractivity contribution in [3.05, 3.63) is 77.9 Å². The summed E-state index contributed by atoms with van der Waals surface area (Å²) in [7, 11) is -4.31. The second-order valence-electron chi connectivity index (χ2n) is 13.4. The maximum atomic E-state index is 13.9. The number of carbonyl (C=O) groups excluding carboxylic acids is 1. The predicted octanol–water partition coefficient (Wildman–Crippen LogP) is 7.77. The van der Waals surface area contributed by atoms with Crippen molar-refractivity contribution in [3.63, 3.8) is 0 Å². The van der Waals surface area contributed by atoms with Gasteiger partial charge in [-0.25, -0.2) is 27.2 Å². The number of nitrogens with one attached hydrogen (secondary N) is 2. The molecule has 5 aromatic rings. The van der Waals surface area contributed by atoms with Gasteiger partial charge in [-0.1, -0.05) is 36.6 Å². The lowest BCUT2D eigenvalue weighted by Gasteiger charge is -2.33. The molecule has 0 unspecified atom stereocenters. The van der Waals surface area contributed by atoms with E-state index in [4.69, 9.17) is 9.72 Å². The number of hydrogen-bond donors (Lipinski definition) is 2. The zero-order chi connectivity index (χ0) is 35.3. The molecule has 1 aliphatic carbocycles. The molecule has 258 valence electrons. The van der Waals surface area contributed by atoms with Crippen LogP contribution in [0, 0.1) is 13.8 Å². The van der Waals surface area contributed by atoms with Gasteiger partial charge in [-0.3, -0.25) is 4.98 Å². The van der Waals surface area contributed by atoms with Gasteiger partial charge in [-0.2, -0.15) is 13.2 Å². The summed E-state index contributed by atoms with van der Waals surface area (Å²) in [5, 5.41) is 7.20. The van der Waals surface area contributed by atoms with Gasteiger partial charge in [-0.05, 0) is 71.7 Å². The fraction of sp³-hybridized carbons (Fsp3) is 0.371. The van der Waals surface area contributed by atoms with Crippen molar-refractivity contribution in [2.24, 2.45) is 0 Å². The van der Waals surface area contributed by atoms with Crippen LogP contribution < -0.4 is 10.6 Å². The Morgan fingerprint density at radius 2 is 1.61 bits per heavy atom. The predicted molar refractivity (Wildman–Crippen MR) is 181 cm³/mol. The van der Waals surface area contributed by atoms with E-state index >= 15 is 0 Å². The number of carbonyl (C=O) groups is 1. The van der Waals surface area contributed by atoms with E-state index in [1.807, 2.05) is 6.92 Å². The zero-order valence-electron chi connectivity index (χ0n) is 27.7. The highest BCUT2D eigenvalue weighted by Crippen LogP contribution is 2.39. The van der Waals surface area contributed by atoms with Crippen LogP contribution in [0.3, 0.4) is 0 Å². The van der Waals surface area contributed by atoms with E-state index in [2.05, 4.69) is 20.6 Å². The molecule has 2 atom stereocenters. The van der Waals surface area contributed by atoms with Crippen LogP contribution in [-0.4, -0.2) is 51.1 Å². The lowest BCUT2D eigenvalue weighted by molar-refractivity contribution is -0.137. The molecule has 14 heteroatoms. The molecule has 0 radical (unpaired) electrons. The van der Waals surface area contributed by atoms with Crippen molar-refractivity contribution in [2.45, 2.75) is 89.1 Å². The molecule has 3 aromatic heterocycles. The number of fused-ring (bicyclic) bond motifs is 2. The van der Waals surface area contributed by atoms with Crippen LogP contribution in [-0.2, 0) is 20.9 Å². The van der Waals surface area contributed by atoms with Gasteiger partial charge in [0.1, 0.15) is 5.60 Å². The second-order valence-corrected chi connectivity index (χ2v) is 15.2. The van der Waals surface area contributed by atoms with Crippen molar-refractivity contribution in [3.8, 4) is 11.1 Å². The highest BCUT2D eigenvalue weighted by Gasteiger charge is 2.33. The lowest BCUT2D eigenvalue weighted by Crippen LogP contribution is -2.50. The number of ether oxygens (including phenoxy) is 1. The number of pyridine rings is 1. The van der Waals surface area contributed by atoms with Gasteiger partial charge < -0.3 is 15.4 Å². The van der Waals surface area contributed by atoms with Crippen LogP contribution in [0.25, 0.3) is 32.9 Å². The van der Waals surface area contributed by atoms with Gasteiger partial charge in [0.15, 0.2) is 0 Å². The second kappa shape index (κ2) is 12.6. The molecule has 0 bridgehead atoms. The Kier molecular flexibility index (Phi) is 8.80. The number of alkyl carbamates (subject to hydrolysis) is 1. The average Bonchev–Trinajstić information content (AvgIpc) is 3.41. The molecule has 1 saturated carbocycles. The minimum absolute atomic E-state index is 0.0679. The average molecular weight is 695 g/mol. The topological polar surface area (TPSA) is 128 Å². The number of benzene rings is 2. The molecule has 3 heterocycles. The summed E-state index contributed by atoms with van der Waals surface area (Å²) < 4.78 is 75.9. The van der Waals surface area contributed by atoms with Crippen LogP contribution in [0.1, 0.15) is 63.3 Å². The monoisotopic (exact) mass is 694 g/mol. The first kappa shape index (κ1) is 34.2. The van der Waals surface area contributed by atoms with E-state index in [1.165, 1.54) is 30.6 Å². The fourth-order valence-corrected chi connectivity index (χ4v) is 7.48. The van der Waals surface area contributed by atoms with Crippen LogP contribution >= 0.6 is 0 Å². The fourth-order valence-electron chi connectivity index (χ4n) is 6.12. The summed E-state index contributed by atoms with van der Waals surface area (Å²) in [6, 6.07) is 8.71. The molecule has 1 amide bonds. The van der Waals surface area contributed by atoms with E-state index in [0.717, 1.165) is 47.4 Å². The van der Waals surface area contributed by atoms with Crippen molar-refractivity contribution in [1.82, 2.24) is 24.2 Å². The third kappa shape index (κ3) is 7.05. The van der Waals surface area contributed by atoms with E-state index in [9.17, 15) is 26.4 Å². The summed E-state index contributed by atoms with van der Waals surface area (Å²) in [6.07, 6.45) is 2.60. The quantitative estimate of drug-likeness (QED) is 0.185. The highest BCUT2D eigenvalue weighted by molar-refractivity contribution is 7.90. The Morgan fingerprint density at radius 3 is 2.29 bits per heavy atom. The van der Waals surface area contributed by atoms with Crippen molar-refractivity contribution in [2.75, 3.05) is 5.32 Å². The number of hydrogen-bond acceptors (Lipinski definition) is 8. The van der Waals surface area contributed by atoms with Crippen LogP contribution in [0.4, 0.5) is 23.9 Å². The molecule has 0 aliphatic heterocycles. The van der Waals surface area contributed by atoms with E-state index in [1.54, 1.807) is 46.0 Å². The Morgan fingerprint density at radius 1 is 0.918 bits per heavy atom. The van der Waals surface area contributed by atoms with Gasteiger partial charge in [0.05, 0.1) is 27.5 Å². The van der Waals surface area contributed by atoms with Gasteiger partial charge in [0.2, 0.25) is 5.95 Å². The molecule has 0 saturated heterocycles. The summed E-state index contributed by atoms with van der Waals surface area (Å²) in [5.41, 5.74) is 0.870. The Hall–Kier alpha value is -4.72. The third-order valence-electron chi connectivity index (χ3n) is 8.57. The van der Waals surface area contributed by atoms with Gasteiger partial charge in [0, 0.05) is 52.2 Å². The van der Waals surface area contributed by atoms with Crippen LogP contribution in [0.15, 0.2) is 66.0 Å². The van der Waals surface area contributed by atoms with Gasteiger partial charge >= 0.3 is 12.3 Å². The number of nitrogens with zero attached hydrogens (tertiary/aromatic N) is 4. The largest absolute Gasteiger partial charge is 0.444 e. The standard InChI is InChI=1S/C35H37F3N6O4S/c1-20-10-13-23(14-11-20)49(46,47)44-19-27(24-15-12-22(16-30(24)44)35(36,37)38)26-18-39-21(2)25-17-40-32(43-31(25)26)41-28-8-6-7-9-29(28)42-33(45)48-34(3,4)5/h10-19,28-29H,6-9H2,1-5H3,(H,42,45)(H,40,41,43)/t28-,29+/m1/s1. The van der Waals surface area contributed by atoms with Crippen molar-refractivity contribution >= 4 is 43.9 Å². The Balaban J connectivity index is 1.46. The van der Waals surface area contributed by atoms with Gasteiger partial charge in [-0.15, -0.1) is 0 Å². The number of rotatable bonds is 6. The van der Waals surface area contributed by atoms with E-state index in [0.29, 0.717) is 27.7 Å². The molecule has 0 spiro atoms. The minimum atomic E-state index is -4.70. The first-order chi connectivity index (χ1) is 23.0. The molecule has 2 aromatic carbocycles. The summed E-state index contributed by atoms with van der Waals surface area (Å²) in [5.74, 6) is 0.276. The zero-order valence-corrected chi connectivity index (χ0v) is 28.5. The SMILES string of the molecule is Cc1ccc(S(=O)(=O)n2cc(-c3cnc(C)c4cnc(N[C@@H]5CCCC[C@@H]5NC(=O)OC(C)(C)C)nc34)c3ccc(C(F)(F)F)cc32)cc1. The first-order valence-corrected chi connectivity index (χ1v) is 17.4. The van der Waals surface area contributed by atoms with E-state index < -0.39 is 33.5 Å². The Bertz CT molecular complexity index is 2160. The molecule has 6 rings (SSSR count). The van der Waals surface area contributed by atoms with Crippen LogP contribution in [0.2, 0.25) is 0 Å². The molecular weight excluding hydrogens is 657 g/mol. The maximum Gasteiger partial charge on any atom is 0.416 e. The number of aryl methyl sites for hydroxylation is 2. The molecule has 1 aliphatic rings. The first-order valence-electron chi connectivity index (χ1n) is 15.9. The number of halogens is 3. The lowest BCUT2D eigenvalue weighted by atomic mass is 9.90. The van der Waals surface area contributed by atoms with Crippen LogP contribution in [0.5, 0.6) is 0 Å². The third-order valence-corrected chi connectivity index (χ3v) is 10.3. The molecular formula is C35H37F3N6O4S.